The second-order valence-electron chi connectivity index (χ2n) is 6.92. The first-order valence-electron chi connectivity index (χ1n) is 8.57. The maximum atomic E-state index is 12.5. The van der Waals surface area contributed by atoms with E-state index in [0.29, 0.717) is 23.9 Å². The predicted molar refractivity (Wildman–Crippen MR) is 81.9 cm³/mol. The van der Waals surface area contributed by atoms with Gasteiger partial charge in [0, 0.05) is 44.7 Å². The number of nitrogens with zero attached hydrogens (tertiary/aromatic N) is 2. The van der Waals surface area contributed by atoms with E-state index in [1.807, 2.05) is 0 Å². The smallest absolute Gasteiger partial charge is 0.222 e. The summed E-state index contributed by atoms with van der Waals surface area (Å²) in [6.07, 6.45) is 6.31. The van der Waals surface area contributed by atoms with Crippen LogP contribution in [0.4, 0.5) is 0 Å². The summed E-state index contributed by atoms with van der Waals surface area (Å²) in [4.78, 5) is 17.1. The molecule has 1 atom stereocenters. The van der Waals surface area contributed by atoms with Gasteiger partial charge in [0.2, 0.25) is 5.91 Å². The van der Waals surface area contributed by atoms with Crippen LogP contribution in [0.5, 0.6) is 0 Å². The van der Waals surface area contributed by atoms with Crippen LogP contribution < -0.4 is 5.73 Å². The summed E-state index contributed by atoms with van der Waals surface area (Å²) in [5.74, 6) is 0.936. The first kappa shape index (κ1) is 15.3. The third-order valence-corrected chi connectivity index (χ3v) is 5.43. The second-order valence-corrected chi connectivity index (χ2v) is 6.92. The largest absolute Gasteiger partial charge is 0.379 e. The number of likely N-dealkylation sites (tertiary alicyclic amines) is 1. The van der Waals surface area contributed by atoms with Crippen LogP contribution in [0.3, 0.4) is 0 Å². The monoisotopic (exact) mass is 295 g/mol. The van der Waals surface area contributed by atoms with Crippen molar-refractivity contribution in [2.24, 2.45) is 11.7 Å². The van der Waals surface area contributed by atoms with Crippen molar-refractivity contribution in [1.29, 1.82) is 0 Å². The van der Waals surface area contributed by atoms with Gasteiger partial charge in [0.05, 0.1) is 13.2 Å². The number of ether oxygens (including phenoxy) is 1. The number of morpholine rings is 1. The average molecular weight is 295 g/mol. The van der Waals surface area contributed by atoms with Crippen molar-refractivity contribution in [3.05, 3.63) is 0 Å². The number of hydrogen-bond donors (Lipinski definition) is 1. The third kappa shape index (κ3) is 3.96. The number of nitrogens with two attached hydrogens (primary N) is 1. The van der Waals surface area contributed by atoms with Gasteiger partial charge in [-0.15, -0.1) is 0 Å². The van der Waals surface area contributed by atoms with E-state index in [2.05, 4.69) is 9.80 Å². The zero-order valence-corrected chi connectivity index (χ0v) is 13.0. The van der Waals surface area contributed by atoms with Gasteiger partial charge in [0.1, 0.15) is 0 Å². The van der Waals surface area contributed by atoms with E-state index >= 15 is 0 Å². The van der Waals surface area contributed by atoms with Gasteiger partial charge in [-0.3, -0.25) is 9.69 Å². The normalized spacial score (nSPS) is 35.1. The highest BCUT2D eigenvalue weighted by Crippen LogP contribution is 2.27. The van der Waals surface area contributed by atoms with Crippen molar-refractivity contribution in [1.82, 2.24) is 9.80 Å². The van der Waals surface area contributed by atoms with Crippen molar-refractivity contribution >= 4 is 5.91 Å². The Kier molecular flexibility index (Phi) is 5.14. The Morgan fingerprint density at radius 1 is 1.05 bits per heavy atom. The van der Waals surface area contributed by atoms with E-state index in [4.69, 9.17) is 10.5 Å². The van der Waals surface area contributed by atoms with Gasteiger partial charge < -0.3 is 15.4 Å². The number of hydrogen-bond acceptors (Lipinski definition) is 4. The van der Waals surface area contributed by atoms with Gasteiger partial charge in [-0.25, -0.2) is 0 Å². The Balaban J connectivity index is 1.43. The highest BCUT2D eigenvalue weighted by Gasteiger charge is 2.32. The van der Waals surface area contributed by atoms with E-state index < -0.39 is 0 Å². The molecule has 0 aromatic carbocycles. The number of carbonyl (C=O) groups excluding carboxylic acids is 1. The van der Waals surface area contributed by atoms with Crippen molar-refractivity contribution in [3.8, 4) is 0 Å². The van der Waals surface area contributed by atoms with Crippen LogP contribution in [0, 0.1) is 5.92 Å². The van der Waals surface area contributed by atoms with Gasteiger partial charge in [-0.2, -0.15) is 0 Å². The number of carbonyl (C=O) groups is 1. The van der Waals surface area contributed by atoms with Gasteiger partial charge in [0.25, 0.3) is 0 Å². The van der Waals surface area contributed by atoms with Gasteiger partial charge in [-0.05, 0) is 38.0 Å². The Morgan fingerprint density at radius 3 is 2.48 bits per heavy atom. The molecule has 1 amide bonds. The molecule has 1 aliphatic carbocycles. The van der Waals surface area contributed by atoms with E-state index in [1.165, 1.54) is 0 Å². The molecular formula is C16H29N3O2. The topological polar surface area (TPSA) is 58.8 Å². The summed E-state index contributed by atoms with van der Waals surface area (Å²) in [7, 11) is 0. The summed E-state index contributed by atoms with van der Waals surface area (Å²) in [6, 6.07) is 0.923. The van der Waals surface area contributed by atoms with Crippen LogP contribution >= 0.6 is 0 Å². The first-order valence-corrected chi connectivity index (χ1v) is 8.57. The highest BCUT2D eigenvalue weighted by atomic mass is 16.5. The molecule has 1 unspecified atom stereocenters. The van der Waals surface area contributed by atoms with E-state index in [-0.39, 0.29) is 0 Å². The van der Waals surface area contributed by atoms with Crippen LogP contribution in [0.2, 0.25) is 0 Å². The summed E-state index contributed by atoms with van der Waals surface area (Å²) >= 11 is 0. The van der Waals surface area contributed by atoms with Crippen molar-refractivity contribution in [3.63, 3.8) is 0 Å². The summed E-state index contributed by atoms with van der Waals surface area (Å²) < 4.78 is 5.41. The zero-order chi connectivity index (χ0) is 14.7. The highest BCUT2D eigenvalue weighted by molar-refractivity contribution is 5.76. The fourth-order valence-electron chi connectivity index (χ4n) is 3.98. The van der Waals surface area contributed by atoms with Crippen LogP contribution in [0.25, 0.3) is 0 Å². The van der Waals surface area contributed by atoms with Crippen molar-refractivity contribution in [2.75, 3.05) is 39.4 Å². The summed E-state index contributed by atoms with van der Waals surface area (Å²) in [6.45, 7) is 5.58. The molecule has 2 N–H and O–H groups in total. The van der Waals surface area contributed by atoms with E-state index in [0.717, 1.165) is 77.9 Å². The van der Waals surface area contributed by atoms with Crippen molar-refractivity contribution < 1.29 is 9.53 Å². The van der Waals surface area contributed by atoms with Crippen LogP contribution in [-0.2, 0) is 9.53 Å². The quantitative estimate of drug-likeness (QED) is 0.838. The molecule has 0 radical (unpaired) electrons. The molecule has 3 rings (SSSR count). The lowest BCUT2D eigenvalue weighted by molar-refractivity contribution is -0.131. The molecule has 3 aliphatic rings. The molecular weight excluding hydrogens is 266 g/mol. The molecule has 5 nitrogen and oxygen atoms in total. The van der Waals surface area contributed by atoms with Crippen molar-refractivity contribution in [2.45, 2.75) is 50.6 Å². The fraction of sp³-hybridized carbons (Fsp3) is 0.938. The molecule has 2 aliphatic heterocycles. The molecule has 3 fully saturated rings. The number of rotatable bonds is 3. The Morgan fingerprint density at radius 2 is 1.76 bits per heavy atom. The van der Waals surface area contributed by atoms with E-state index in [1.54, 1.807) is 0 Å². The molecule has 0 aromatic rings. The lowest BCUT2D eigenvalue weighted by atomic mass is 9.84. The standard InChI is InChI=1S/C16H29N3O2/c17-14-3-1-13(2-4-14)11-16(20)19-6-5-15(12-19)18-7-9-21-10-8-18/h13-15H,1-12,17H2. The number of amides is 1. The minimum atomic E-state index is 0.367. The third-order valence-electron chi connectivity index (χ3n) is 5.43. The maximum absolute atomic E-state index is 12.5. The maximum Gasteiger partial charge on any atom is 0.222 e. The van der Waals surface area contributed by atoms with Gasteiger partial charge in [-0.1, -0.05) is 0 Å². The van der Waals surface area contributed by atoms with Gasteiger partial charge >= 0.3 is 0 Å². The zero-order valence-electron chi connectivity index (χ0n) is 13.0. The van der Waals surface area contributed by atoms with Crippen LogP contribution in [0.15, 0.2) is 0 Å². The first-order chi connectivity index (χ1) is 10.2. The molecule has 0 spiro atoms. The summed E-state index contributed by atoms with van der Waals surface area (Å²) in [5, 5.41) is 0. The molecule has 1 saturated carbocycles. The fourth-order valence-corrected chi connectivity index (χ4v) is 3.98. The Labute approximate surface area is 127 Å². The lowest BCUT2D eigenvalue weighted by Gasteiger charge is -2.32. The molecule has 21 heavy (non-hydrogen) atoms. The molecule has 2 heterocycles. The molecule has 0 aromatic heterocycles. The van der Waals surface area contributed by atoms with Crippen LogP contribution in [0.1, 0.15) is 38.5 Å². The predicted octanol–water partition coefficient (Wildman–Crippen LogP) is 0.827. The minimum absolute atomic E-state index is 0.367. The van der Waals surface area contributed by atoms with E-state index in [9.17, 15) is 4.79 Å². The molecule has 0 bridgehead atoms. The second kappa shape index (κ2) is 7.07. The molecule has 2 saturated heterocycles. The van der Waals surface area contributed by atoms with Crippen LogP contribution in [-0.4, -0.2) is 67.2 Å². The Bertz CT molecular complexity index is 349. The minimum Gasteiger partial charge on any atom is -0.379 e. The molecule has 120 valence electrons. The SMILES string of the molecule is NC1CCC(CC(=O)N2CCC(N3CCOCC3)C2)CC1. The lowest BCUT2D eigenvalue weighted by Crippen LogP contribution is -2.45. The Hall–Kier alpha value is -0.650. The van der Waals surface area contributed by atoms with Gasteiger partial charge in [0.15, 0.2) is 0 Å². The molecule has 5 heteroatoms. The summed E-state index contributed by atoms with van der Waals surface area (Å²) in [5.41, 5.74) is 5.94. The average Bonchev–Trinajstić information content (AvgIpc) is 3.00.